The highest BCUT2D eigenvalue weighted by molar-refractivity contribution is 5.90. The number of aryl methyl sites for hydroxylation is 2. The largest absolute Gasteiger partial charge is 0.480 e. The Bertz CT molecular complexity index is 2720. The van der Waals surface area contributed by atoms with Crippen LogP contribution in [0.2, 0.25) is 0 Å². The van der Waals surface area contributed by atoms with Crippen LogP contribution in [0.5, 0.6) is 0 Å². The van der Waals surface area contributed by atoms with Crippen molar-refractivity contribution in [2.75, 3.05) is 125 Å². The molecule has 27 heteroatoms. The Kier molecular flexibility index (Phi) is 33.1. The molecule has 0 aromatic heterocycles. The molecule has 7 rings (SSSR count). The summed E-state index contributed by atoms with van der Waals surface area (Å²) in [6.07, 6.45) is 5.68. The number of rotatable bonds is 25. The summed E-state index contributed by atoms with van der Waals surface area (Å²) in [5, 5.41) is 48.3. The van der Waals surface area contributed by atoms with Crippen molar-refractivity contribution in [3.8, 4) is 6.07 Å². The number of fused-ring (bicyclic) bond motifs is 1. The third-order valence-corrected chi connectivity index (χ3v) is 16.8. The second kappa shape index (κ2) is 39.7. The number of carbonyl (C=O) groups is 10. The van der Waals surface area contributed by atoms with Gasteiger partial charge >= 0.3 is 17.9 Å². The summed E-state index contributed by atoms with van der Waals surface area (Å²) >= 11 is 0. The minimum Gasteiger partial charge on any atom is -0.480 e. The third-order valence-electron chi connectivity index (χ3n) is 16.8. The van der Waals surface area contributed by atoms with Gasteiger partial charge in [0.15, 0.2) is 0 Å². The van der Waals surface area contributed by atoms with Crippen LogP contribution in [0.15, 0.2) is 42.5 Å². The Morgan fingerprint density at radius 2 is 1.30 bits per heavy atom. The number of halogens is 2. The van der Waals surface area contributed by atoms with E-state index in [1.807, 2.05) is 73.8 Å². The first-order valence-corrected chi connectivity index (χ1v) is 31.7. The highest BCUT2D eigenvalue weighted by atomic mass is 19.3. The lowest BCUT2D eigenvalue weighted by atomic mass is 9.87. The van der Waals surface area contributed by atoms with E-state index in [9.17, 15) is 67.3 Å². The summed E-state index contributed by atoms with van der Waals surface area (Å²) in [6, 6.07) is 14.7. The van der Waals surface area contributed by atoms with Crippen molar-refractivity contribution in [1.82, 2.24) is 55.6 Å². The van der Waals surface area contributed by atoms with E-state index in [-0.39, 0.29) is 146 Å². The summed E-state index contributed by atoms with van der Waals surface area (Å²) in [4.78, 5) is 134. The van der Waals surface area contributed by atoms with Crippen molar-refractivity contribution in [3.05, 3.63) is 70.3 Å². The summed E-state index contributed by atoms with van der Waals surface area (Å²) < 4.78 is 24.9. The Labute approximate surface area is 533 Å². The Morgan fingerprint density at radius 3 is 1.80 bits per heavy atom. The van der Waals surface area contributed by atoms with Crippen molar-refractivity contribution < 1.29 is 72.0 Å². The van der Waals surface area contributed by atoms with Crippen molar-refractivity contribution in [3.63, 3.8) is 0 Å². The summed E-state index contributed by atoms with van der Waals surface area (Å²) in [5.74, 6) is -7.10. The first-order chi connectivity index (χ1) is 43.5. The van der Waals surface area contributed by atoms with Gasteiger partial charge in [0.25, 0.3) is 5.92 Å². The lowest BCUT2D eigenvalue weighted by Crippen LogP contribution is -2.52. The Hall–Kier alpha value is -7.51. The van der Waals surface area contributed by atoms with Gasteiger partial charge in [-0.15, -0.1) is 0 Å². The van der Waals surface area contributed by atoms with Gasteiger partial charge in [0.2, 0.25) is 35.4 Å². The molecular formula is C64H96F2N12O13. The fourth-order valence-electron chi connectivity index (χ4n) is 11.8. The maximum atomic E-state index is 14.3. The first-order valence-electron chi connectivity index (χ1n) is 31.7. The molecule has 504 valence electrons. The molecule has 5 aliphatic rings. The fraction of sp³-hybridized carbons (Fsp3) is 0.641. The monoisotopic (exact) mass is 1280 g/mol. The molecule has 0 aliphatic carbocycles. The Balaban J connectivity index is 0.00000113. The number of likely N-dealkylation sites (tertiary alicyclic amines) is 2. The second-order valence-corrected chi connectivity index (χ2v) is 23.7. The number of carboxylic acids is 3. The van der Waals surface area contributed by atoms with Crippen LogP contribution in [0.1, 0.15) is 106 Å². The number of aliphatic carboxylic acids is 3. The minimum absolute atomic E-state index is 0.0157. The predicted molar refractivity (Wildman–Crippen MR) is 334 cm³/mol. The predicted octanol–water partition coefficient (Wildman–Crippen LogP) is 2.22. The van der Waals surface area contributed by atoms with Crippen molar-refractivity contribution >= 4 is 60.1 Å². The molecule has 5 aliphatic heterocycles. The number of nitrogens with zero attached hydrogens (tertiary/aromatic N) is 8. The number of unbranched alkanes of at least 4 members (excludes halogenated alkanes) is 1. The van der Waals surface area contributed by atoms with Crippen LogP contribution in [-0.4, -0.2) is 253 Å². The molecular weight excluding hydrogens is 1180 g/mol. The topological polar surface area (TPSA) is 326 Å². The van der Waals surface area contributed by atoms with Gasteiger partial charge in [0, 0.05) is 117 Å². The van der Waals surface area contributed by atoms with E-state index < -0.39 is 41.8 Å². The molecule has 0 radical (unpaired) electrons. The molecule has 3 unspecified atom stereocenters. The smallest absolute Gasteiger partial charge is 0.317 e. The number of carboxylic acid groups (broad SMARTS) is 3. The van der Waals surface area contributed by atoms with E-state index in [1.165, 1.54) is 17.5 Å². The van der Waals surface area contributed by atoms with E-state index in [4.69, 9.17) is 10.1 Å². The van der Waals surface area contributed by atoms with Crippen LogP contribution in [0.3, 0.4) is 0 Å². The number of alkyl halides is 2. The van der Waals surface area contributed by atoms with Crippen LogP contribution in [0, 0.1) is 30.1 Å². The van der Waals surface area contributed by atoms with E-state index >= 15 is 0 Å². The van der Waals surface area contributed by atoms with E-state index in [1.54, 1.807) is 19.6 Å². The molecule has 4 fully saturated rings. The van der Waals surface area contributed by atoms with Gasteiger partial charge in [-0.1, -0.05) is 61.9 Å². The second-order valence-electron chi connectivity index (χ2n) is 23.7. The number of hydrogen-bond donors (Lipinski definition) is 7. The highest BCUT2D eigenvalue weighted by Crippen LogP contribution is 2.32. The van der Waals surface area contributed by atoms with E-state index in [2.05, 4.69) is 33.4 Å². The number of piperidine rings is 1. The van der Waals surface area contributed by atoms with Crippen LogP contribution in [-0.2, 0) is 73.9 Å². The third kappa shape index (κ3) is 27.5. The van der Waals surface area contributed by atoms with Gasteiger partial charge < -0.3 is 51.2 Å². The number of benzene rings is 2. The molecule has 5 heterocycles. The maximum Gasteiger partial charge on any atom is 0.317 e. The van der Waals surface area contributed by atoms with Gasteiger partial charge in [-0.3, -0.25) is 67.7 Å². The van der Waals surface area contributed by atoms with Gasteiger partial charge in [0.1, 0.15) is 18.9 Å². The van der Waals surface area contributed by atoms with Crippen LogP contribution < -0.4 is 21.3 Å². The van der Waals surface area contributed by atoms with Crippen LogP contribution in [0.4, 0.5) is 8.78 Å². The average Bonchev–Trinajstić information content (AvgIpc) is 1.75. The molecule has 6 amide bonds. The number of amides is 6. The lowest BCUT2D eigenvalue weighted by molar-refractivity contribution is -0.140. The molecule has 2 aromatic rings. The highest BCUT2D eigenvalue weighted by Gasteiger charge is 2.43. The average molecular weight is 1280 g/mol. The Morgan fingerprint density at radius 1 is 0.725 bits per heavy atom. The van der Waals surface area contributed by atoms with Crippen molar-refractivity contribution in [2.45, 2.75) is 129 Å². The van der Waals surface area contributed by atoms with Gasteiger partial charge in [-0.05, 0) is 99.9 Å². The molecule has 3 atom stereocenters. The van der Waals surface area contributed by atoms with Gasteiger partial charge in [-0.25, -0.2) is 8.78 Å². The zero-order chi connectivity index (χ0) is 67.0. The maximum absolute atomic E-state index is 14.3. The first kappa shape index (κ1) is 75.9. The van der Waals surface area contributed by atoms with Gasteiger partial charge in [0.05, 0.1) is 45.3 Å². The minimum atomic E-state index is -2.66. The molecule has 91 heavy (non-hydrogen) atoms. The van der Waals surface area contributed by atoms with Crippen molar-refractivity contribution in [1.29, 1.82) is 5.26 Å². The van der Waals surface area contributed by atoms with Crippen molar-refractivity contribution in [2.24, 2.45) is 11.8 Å². The number of nitrogens with one attached hydrogen (secondary N) is 4. The van der Waals surface area contributed by atoms with Gasteiger partial charge in [-0.2, -0.15) is 5.26 Å². The standard InChI is InChI=1S/C55H80N10O12.C6H8F2N2.C2H6.CH2O/c1-39-11-13-40(14-12-39)6-4-10-47(66)58-32-48(67)59-46(55(77)64-20-16-41(17-21-64)30-42-7-5-8-44-33-65(34-45(42)44)50(69)31-43-15-19-57-54(43)76)9-2-3-18-56-49(68)35-60-22-24-61(36-51(70)71)26-28-63(38-53(74)75)29-27-62(25-23-60)37-52(72)73;1-10-4-6(7,8)2-5(10)3-9;2*1-2/h5,7-8,11-14,41,43,46H,2-4,6,9-10,15-38H2,1H3,(H,56,68)(H,57,76)(H,58,66)(H,59,67)(H,70,71)(H,72,73)(H,74,75);5H,2,4H2,1H3;1-2H3;1H2. The molecule has 0 bridgehead atoms. The molecule has 0 spiro atoms. The quantitative estimate of drug-likeness (QED) is 0.0701. The molecule has 7 N–H and O–H groups in total. The molecule has 0 saturated carbocycles. The van der Waals surface area contributed by atoms with E-state index in [0.717, 1.165) is 47.9 Å². The zero-order valence-corrected chi connectivity index (χ0v) is 53.4. The lowest BCUT2D eigenvalue weighted by Gasteiger charge is -2.35. The summed E-state index contributed by atoms with van der Waals surface area (Å²) in [7, 11) is 1.54. The summed E-state index contributed by atoms with van der Waals surface area (Å²) in [5.41, 5.74) is 5.74. The van der Waals surface area contributed by atoms with E-state index in [0.29, 0.717) is 77.4 Å². The normalized spacial score (nSPS) is 19.5. The fourth-order valence-corrected chi connectivity index (χ4v) is 11.8. The molecule has 2 aromatic carbocycles. The number of carbonyl (C=O) groups excluding carboxylic acids is 7. The van der Waals surface area contributed by atoms with Crippen LogP contribution >= 0.6 is 0 Å². The number of nitriles is 1. The number of hydrogen-bond acceptors (Lipinski definition) is 16. The molecule has 25 nitrogen and oxygen atoms in total. The SMILES string of the molecule is C=O.CC.CN1CC(F)(F)CC1C#N.Cc1ccc(CCCC(=O)NCC(=O)NC(CCCCNC(=O)CN2CCN(CC(=O)O)CCN(CC(=O)O)CCN(CC(=O)O)CC2)C(=O)N2CCC(Cc3cccc4c3CN(C(=O)CC3CCNC3=O)C4)CC2)cc1. The zero-order valence-electron chi connectivity index (χ0n) is 53.4. The van der Waals surface area contributed by atoms with Crippen LogP contribution in [0.25, 0.3) is 0 Å². The molecule has 4 saturated heterocycles. The summed E-state index contributed by atoms with van der Waals surface area (Å²) in [6.45, 7) is 11.7.